The monoisotopic (exact) mass is 279 g/mol. The molecule has 0 amide bonds. The third kappa shape index (κ3) is 2.67. The van der Waals surface area contributed by atoms with E-state index in [4.69, 9.17) is 0 Å². The average Bonchev–Trinajstić information content (AvgIpc) is 2.73. The standard InChI is InChI=1S/C13H15N4O.ClH/c1-10-7-12(18)13-16(14-9-17(13)15-10)8-11-5-3-2-4-6-11;/h2-6,9,12,18H,7-8H2,1H3;1H/q+1;. The Morgan fingerprint density at radius 2 is 2.11 bits per heavy atom. The maximum absolute atomic E-state index is 10.1. The number of nitrogens with zero attached hydrogens (tertiary/aromatic N) is 4. The van der Waals surface area contributed by atoms with E-state index in [0.29, 0.717) is 13.0 Å². The Hall–Kier alpha value is -1.72. The zero-order chi connectivity index (χ0) is 12.5. The topological polar surface area (TPSA) is 54.3 Å². The summed E-state index contributed by atoms with van der Waals surface area (Å²) in [5.41, 5.74) is 2.07. The molecule has 0 saturated carbocycles. The molecule has 1 aliphatic heterocycles. The molecule has 2 aromatic rings. The molecular formula is C13H16ClN4O+. The predicted octanol–water partition coefficient (Wildman–Crippen LogP) is 1.30. The Bertz CT molecular complexity index is 594. The van der Waals surface area contributed by atoms with Gasteiger partial charge < -0.3 is 5.11 Å². The van der Waals surface area contributed by atoms with Gasteiger partial charge >= 0.3 is 0 Å². The molecule has 1 aromatic carbocycles. The summed E-state index contributed by atoms with van der Waals surface area (Å²) in [5.74, 6) is 0.740. The summed E-state index contributed by atoms with van der Waals surface area (Å²) >= 11 is 0. The molecule has 0 bridgehead atoms. The molecule has 3 rings (SSSR count). The highest BCUT2D eigenvalue weighted by molar-refractivity contribution is 5.85. The summed E-state index contributed by atoms with van der Waals surface area (Å²) in [6.45, 7) is 2.56. The second-order valence-electron chi connectivity index (χ2n) is 4.53. The van der Waals surface area contributed by atoms with Crippen LogP contribution in [0.25, 0.3) is 0 Å². The molecule has 0 aliphatic carbocycles. The molecule has 19 heavy (non-hydrogen) atoms. The van der Waals surface area contributed by atoms with Crippen LogP contribution >= 0.6 is 12.4 Å². The lowest BCUT2D eigenvalue weighted by atomic mass is 10.1. The average molecular weight is 280 g/mol. The highest BCUT2D eigenvalue weighted by Crippen LogP contribution is 2.17. The molecule has 1 atom stereocenters. The van der Waals surface area contributed by atoms with Crippen LogP contribution in [0.15, 0.2) is 41.8 Å². The zero-order valence-electron chi connectivity index (χ0n) is 10.6. The minimum atomic E-state index is -0.534. The maximum atomic E-state index is 10.1. The van der Waals surface area contributed by atoms with E-state index < -0.39 is 6.10 Å². The van der Waals surface area contributed by atoms with Gasteiger partial charge in [0.1, 0.15) is 12.6 Å². The molecule has 0 radical (unpaired) electrons. The summed E-state index contributed by atoms with van der Waals surface area (Å²) in [5, 5.41) is 18.8. The first-order valence-corrected chi connectivity index (χ1v) is 5.98. The van der Waals surface area contributed by atoms with Crippen LogP contribution in [0.1, 0.15) is 30.8 Å². The summed E-state index contributed by atoms with van der Waals surface area (Å²) in [6.07, 6.45) is 1.68. The number of halogens is 1. The van der Waals surface area contributed by atoms with Gasteiger partial charge in [0.25, 0.3) is 12.2 Å². The molecule has 1 N–H and O–H groups in total. The Morgan fingerprint density at radius 3 is 2.84 bits per heavy atom. The molecule has 100 valence electrons. The van der Waals surface area contributed by atoms with Gasteiger partial charge in [-0.1, -0.05) is 30.3 Å². The van der Waals surface area contributed by atoms with Gasteiger partial charge in [-0.3, -0.25) is 0 Å². The number of fused-ring (bicyclic) bond motifs is 1. The van der Waals surface area contributed by atoms with Gasteiger partial charge in [-0.15, -0.1) is 26.9 Å². The molecule has 1 aromatic heterocycles. The Kier molecular flexibility index (Phi) is 3.97. The lowest BCUT2D eigenvalue weighted by Crippen LogP contribution is -2.39. The van der Waals surface area contributed by atoms with Gasteiger partial charge in [0.15, 0.2) is 0 Å². The van der Waals surface area contributed by atoms with E-state index >= 15 is 0 Å². The smallest absolute Gasteiger partial charge is 0.289 e. The largest absolute Gasteiger partial charge is 0.381 e. The van der Waals surface area contributed by atoms with Crippen LogP contribution in [0.5, 0.6) is 0 Å². The van der Waals surface area contributed by atoms with Crippen molar-refractivity contribution in [1.29, 1.82) is 0 Å². The van der Waals surface area contributed by atoms with Crippen LogP contribution in [0, 0.1) is 0 Å². The summed E-state index contributed by atoms with van der Waals surface area (Å²) < 4.78 is 3.46. The first kappa shape index (κ1) is 13.7. The number of aromatic nitrogens is 3. The van der Waals surface area contributed by atoms with Crippen LogP contribution in [0.3, 0.4) is 0 Å². The molecule has 0 spiro atoms. The fourth-order valence-electron chi connectivity index (χ4n) is 2.22. The molecule has 1 aliphatic rings. The minimum absolute atomic E-state index is 0. The van der Waals surface area contributed by atoms with Crippen molar-refractivity contribution in [1.82, 2.24) is 9.78 Å². The van der Waals surface area contributed by atoms with Crippen LogP contribution in [0.2, 0.25) is 0 Å². The number of hydrogen-bond acceptors (Lipinski definition) is 3. The van der Waals surface area contributed by atoms with Gasteiger partial charge in [-0.25, -0.2) is 0 Å². The van der Waals surface area contributed by atoms with Crippen molar-refractivity contribution < 1.29 is 9.78 Å². The van der Waals surface area contributed by atoms with Crippen LogP contribution < -0.4 is 4.68 Å². The van der Waals surface area contributed by atoms with E-state index in [9.17, 15) is 5.11 Å². The normalized spacial score (nSPS) is 17.4. The fourth-order valence-corrected chi connectivity index (χ4v) is 2.22. The lowest BCUT2D eigenvalue weighted by molar-refractivity contribution is -0.693. The Balaban J connectivity index is 0.00000133. The molecular weight excluding hydrogens is 264 g/mol. The van der Waals surface area contributed by atoms with Crippen molar-refractivity contribution in [3.05, 3.63) is 48.0 Å². The summed E-state index contributed by atoms with van der Waals surface area (Å²) in [4.78, 5) is 0. The van der Waals surface area contributed by atoms with Gasteiger partial charge in [0, 0.05) is 11.5 Å². The second kappa shape index (κ2) is 5.50. The van der Waals surface area contributed by atoms with Crippen molar-refractivity contribution in [2.75, 3.05) is 0 Å². The van der Waals surface area contributed by atoms with E-state index in [-0.39, 0.29) is 12.4 Å². The first-order chi connectivity index (χ1) is 8.74. The molecule has 1 unspecified atom stereocenters. The van der Waals surface area contributed by atoms with Crippen LogP contribution in [-0.2, 0) is 6.54 Å². The first-order valence-electron chi connectivity index (χ1n) is 5.98. The van der Waals surface area contributed by atoms with Gasteiger partial charge in [-0.05, 0) is 12.5 Å². The van der Waals surface area contributed by atoms with Gasteiger partial charge in [-0.2, -0.15) is 0 Å². The predicted molar refractivity (Wildman–Crippen MR) is 73.3 cm³/mol. The molecule has 2 heterocycles. The highest BCUT2D eigenvalue weighted by atomic mass is 35.5. The van der Waals surface area contributed by atoms with Crippen molar-refractivity contribution in [2.24, 2.45) is 5.10 Å². The van der Waals surface area contributed by atoms with E-state index in [1.165, 1.54) is 0 Å². The summed E-state index contributed by atoms with van der Waals surface area (Å²) in [6, 6.07) is 10.1. The van der Waals surface area contributed by atoms with Crippen LogP contribution in [-0.4, -0.2) is 20.6 Å². The maximum Gasteiger partial charge on any atom is 0.289 e. The number of aliphatic hydroxyl groups is 1. The number of hydrogen-bond donors (Lipinski definition) is 1. The third-order valence-corrected chi connectivity index (χ3v) is 3.04. The van der Waals surface area contributed by atoms with E-state index in [1.54, 1.807) is 15.7 Å². The Labute approximate surface area is 117 Å². The SMILES string of the molecule is CC1=N[n+]2cnn(Cc3ccccc3)c2C(O)C1.Cl. The minimum Gasteiger partial charge on any atom is -0.381 e. The third-order valence-electron chi connectivity index (χ3n) is 3.04. The van der Waals surface area contributed by atoms with E-state index in [1.807, 2.05) is 37.3 Å². The van der Waals surface area contributed by atoms with E-state index in [2.05, 4.69) is 10.2 Å². The van der Waals surface area contributed by atoms with E-state index in [0.717, 1.165) is 17.1 Å². The van der Waals surface area contributed by atoms with Crippen molar-refractivity contribution >= 4 is 18.1 Å². The fraction of sp³-hybridized carbons (Fsp3) is 0.308. The number of benzene rings is 1. The quantitative estimate of drug-likeness (QED) is 0.843. The summed E-state index contributed by atoms with van der Waals surface area (Å²) in [7, 11) is 0. The number of rotatable bonds is 2. The lowest BCUT2D eigenvalue weighted by Gasteiger charge is -2.12. The molecule has 5 nitrogen and oxygen atoms in total. The molecule has 0 fully saturated rings. The van der Waals surface area contributed by atoms with Crippen molar-refractivity contribution in [2.45, 2.75) is 26.0 Å². The molecule has 6 heteroatoms. The second-order valence-corrected chi connectivity index (χ2v) is 4.53. The van der Waals surface area contributed by atoms with Crippen LogP contribution in [0.4, 0.5) is 0 Å². The van der Waals surface area contributed by atoms with Crippen molar-refractivity contribution in [3.63, 3.8) is 0 Å². The van der Waals surface area contributed by atoms with Gasteiger partial charge in [0.2, 0.25) is 0 Å². The Morgan fingerprint density at radius 1 is 1.37 bits per heavy atom. The van der Waals surface area contributed by atoms with Gasteiger partial charge in [0.05, 0.1) is 5.71 Å². The highest BCUT2D eigenvalue weighted by Gasteiger charge is 2.30. The zero-order valence-corrected chi connectivity index (χ0v) is 11.4. The van der Waals surface area contributed by atoms with Crippen molar-refractivity contribution in [3.8, 4) is 0 Å². The molecule has 0 saturated heterocycles. The number of aliphatic hydroxyl groups excluding tert-OH is 1.